The predicted octanol–water partition coefficient (Wildman–Crippen LogP) is 2.42. The molecule has 4 heteroatoms. The largest absolute Gasteiger partial charge is 0.444 e. The molecule has 0 rings (SSSR count). The highest BCUT2D eigenvalue weighted by Crippen LogP contribution is 2.10. The number of nitrogens with one attached hydrogen (secondary N) is 1. The lowest BCUT2D eigenvalue weighted by Crippen LogP contribution is -2.37. The Labute approximate surface area is 84.6 Å². The van der Waals surface area contributed by atoms with E-state index in [4.69, 9.17) is 4.74 Å². The first-order chi connectivity index (χ1) is 5.89. The van der Waals surface area contributed by atoms with Gasteiger partial charge in [-0.15, -0.1) is 11.8 Å². The SMILES string of the molecule is [CH2]CC(NC(=O)OC(C)(C)C)SC. The highest BCUT2D eigenvalue weighted by atomic mass is 32.2. The van der Waals surface area contributed by atoms with Crippen molar-refractivity contribution in [1.82, 2.24) is 5.32 Å². The molecule has 0 aromatic heterocycles. The molecule has 0 saturated heterocycles. The number of hydrogen-bond acceptors (Lipinski definition) is 3. The van der Waals surface area contributed by atoms with Crippen LogP contribution in [-0.2, 0) is 4.74 Å². The summed E-state index contributed by atoms with van der Waals surface area (Å²) in [6.45, 7) is 9.23. The summed E-state index contributed by atoms with van der Waals surface area (Å²) in [5, 5.41) is 2.75. The predicted molar refractivity (Wildman–Crippen MR) is 56.6 cm³/mol. The third-order valence-corrected chi connectivity index (χ3v) is 2.15. The minimum Gasteiger partial charge on any atom is -0.444 e. The number of carbonyl (C=O) groups is 1. The van der Waals surface area contributed by atoms with Crippen molar-refractivity contribution in [3.8, 4) is 0 Å². The maximum Gasteiger partial charge on any atom is 0.408 e. The Morgan fingerprint density at radius 3 is 2.46 bits per heavy atom. The maximum absolute atomic E-state index is 11.2. The molecule has 0 aromatic rings. The van der Waals surface area contributed by atoms with Crippen LogP contribution in [0.15, 0.2) is 0 Å². The minimum atomic E-state index is -0.436. The third-order valence-electron chi connectivity index (χ3n) is 1.22. The zero-order valence-corrected chi connectivity index (χ0v) is 9.53. The van der Waals surface area contributed by atoms with Crippen molar-refractivity contribution in [1.29, 1.82) is 0 Å². The monoisotopic (exact) mass is 204 g/mol. The second-order valence-electron chi connectivity index (χ2n) is 3.66. The molecule has 13 heavy (non-hydrogen) atoms. The summed E-state index contributed by atoms with van der Waals surface area (Å²) in [6.07, 6.45) is 2.20. The lowest BCUT2D eigenvalue weighted by Gasteiger charge is -2.22. The number of carbonyl (C=O) groups excluding carboxylic acids is 1. The quantitative estimate of drug-likeness (QED) is 0.717. The molecule has 1 unspecified atom stereocenters. The Morgan fingerprint density at radius 1 is 1.62 bits per heavy atom. The van der Waals surface area contributed by atoms with Crippen molar-refractivity contribution in [3.05, 3.63) is 6.92 Å². The van der Waals surface area contributed by atoms with E-state index < -0.39 is 5.60 Å². The third kappa shape index (κ3) is 6.75. The fourth-order valence-corrected chi connectivity index (χ4v) is 1.14. The Bertz CT molecular complexity index is 161. The molecule has 0 heterocycles. The summed E-state index contributed by atoms with van der Waals surface area (Å²) in [5.41, 5.74) is -0.436. The van der Waals surface area contributed by atoms with Crippen LogP contribution < -0.4 is 5.32 Å². The van der Waals surface area contributed by atoms with Crippen LogP contribution in [-0.4, -0.2) is 23.3 Å². The topological polar surface area (TPSA) is 38.3 Å². The van der Waals surface area contributed by atoms with Gasteiger partial charge in [0, 0.05) is 0 Å². The minimum absolute atomic E-state index is 0.0369. The molecule has 0 aliphatic rings. The van der Waals surface area contributed by atoms with Gasteiger partial charge in [0.1, 0.15) is 5.60 Å². The number of alkyl carbamates (subject to hydrolysis) is 1. The Morgan fingerprint density at radius 2 is 2.15 bits per heavy atom. The molecular weight excluding hydrogens is 186 g/mol. The molecule has 0 aliphatic heterocycles. The Hall–Kier alpha value is -0.380. The van der Waals surface area contributed by atoms with Crippen molar-refractivity contribution in [2.75, 3.05) is 6.26 Å². The molecule has 0 fully saturated rings. The first kappa shape index (κ1) is 12.6. The summed E-state index contributed by atoms with van der Waals surface area (Å²) >= 11 is 1.55. The van der Waals surface area contributed by atoms with Gasteiger partial charge >= 0.3 is 6.09 Å². The molecule has 1 atom stereocenters. The highest BCUT2D eigenvalue weighted by molar-refractivity contribution is 7.99. The van der Waals surface area contributed by atoms with Crippen LogP contribution in [0.3, 0.4) is 0 Å². The zero-order valence-electron chi connectivity index (χ0n) is 8.72. The number of thioether (sulfide) groups is 1. The van der Waals surface area contributed by atoms with E-state index in [0.717, 1.165) is 0 Å². The van der Waals surface area contributed by atoms with Crippen LogP contribution in [0.1, 0.15) is 27.2 Å². The molecule has 0 aromatic carbocycles. The van der Waals surface area contributed by atoms with E-state index in [0.29, 0.717) is 6.42 Å². The van der Waals surface area contributed by atoms with Gasteiger partial charge in [-0.25, -0.2) is 4.79 Å². The van der Waals surface area contributed by atoms with Gasteiger partial charge in [0.15, 0.2) is 0 Å². The lowest BCUT2D eigenvalue weighted by atomic mass is 10.2. The average Bonchev–Trinajstić information content (AvgIpc) is 1.96. The molecule has 3 nitrogen and oxygen atoms in total. The summed E-state index contributed by atoms with van der Waals surface area (Å²) in [4.78, 5) is 11.2. The van der Waals surface area contributed by atoms with Gasteiger partial charge in [0.2, 0.25) is 0 Å². The second kappa shape index (κ2) is 5.37. The molecule has 0 spiro atoms. The van der Waals surface area contributed by atoms with Gasteiger partial charge in [-0.3, -0.25) is 0 Å². The van der Waals surface area contributed by atoms with Crippen molar-refractivity contribution in [3.63, 3.8) is 0 Å². The first-order valence-corrected chi connectivity index (χ1v) is 5.49. The zero-order chi connectivity index (χ0) is 10.5. The maximum atomic E-state index is 11.2. The van der Waals surface area contributed by atoms with E-state index in [1.165, 1.54) is 0 Å². The Balaban J connectivity index is 3.86. The molecule has 0 aliphatic carbocycles. The normalized spacial score (nSPS) is 13.6. The van der Waals surface area contributed by atoms with E-state index in [1.807, 2.05) is 27.0 Å². The van der Waals surface area contributed by atoms with Gasteiger partial charge in [-0.05, 0) is 33.4 Å². The van der Waals surface area contributed by atoms with Gasteiger partial charge in [0.25, 0.3) is 0 Å². The van der Waals surface area contributed by atoms with E-state index in [2.05, 4.69) is 12.2 Å². The number of amides is 1. The highest BCUT2D eigenvalue weighted by Gasteiger charge is 2.17. The molecule has 77 valence electrons. The smallest absolute Gasteiger partial charge is 0.408 e. The first-order valence-electron chi connectivity index (χ1n) is 4.20. The fraction of sp³-hybridized carbons (Fsp3) is 0.778. The van der Waals surface area contributed by atoms with Crippen LogP contribution in [0.2, 0.25) is 0 Å². The number of ether oxygens (including phenoxy) is 1. The van der Waals surface area contributed by atoms with Gasteiger partial charge in [-0.1, -0.05) is 6.92 Å². The van der Waals surface area contributed by atoms with Gasteiger partial charge in [0.05, 0.1) is 5.37 Å². The molecule has 1 radical (unpaired) electrons. The summed E-state index contributed by atoms with van der Waals surface area (Å²) in [5.74, 6) is 0. The lowest BCUT2D eigenvalue weighted by molar-refractivity contribution is 0.0522. The fourth-order valence-electron chi connectivity index (χ4n) is 0.688. The van der Waals surface area contributed by atoms with Gasteiger partial charge < -0.3 is 10.1 Å². The Kier molecular flexibility index (Phi) is 5.21. The van der Waals surface area contributed by atoms with Crippen molar-refractivity contribution in [2.24, 2.45) is 0 Å². The van der Waals surface area contributed by atoms with Crippen LogP contribution in [0.4, 0.5) is 4.79 Å². The van der Waals surface area contributed by atoms with Crippen LogP contribution in [0.5, 0.6) is 0 Å². The van der Waals surface area contributed by atoms with E-state index in [9.17, 15) is 4.79 Å². The van der Waals surface area contributed by atoms with E-state index in [-0.39, 0.29) is 11.5 Å². The molecule has 1 amide bonds. The number of hydrogen-bond donors (Lipinski definition) is 1. The van der Waals surface area contributed by atoms with Crippen LogP contribution in [0.25, 0.3) is 0 Å². The molecule has 0 bridgehead atoms. The van der Waals surface area contributed by atoms with Crippen LogP contribution in [0, 0.1) is 6.92 Å². The van der Waals surface area contributed by atoms with E-state index in [1.54, 1.807) is 11.8 Å². The molecular formula is C9H18NO2S. The van der Waals surface area contributed by atoms with Crippen molar-refractivity contribution >= 4 is 17.9 Å². The summed E-state index contributed by atoms with van der Waals surface area (Å²) < 4.78 is 5.08. The van der Waals surface area contributed by atoms with E-state index >= 15 is 0 Å². The standard InChI is InChI=1S/C9H18NO2S/c1-6-7(13-5)10-8(11)12-9(2,3)4/h7H,1,6H2,2-5H3,(H,10,11). The van der Waals surface area contributed by atoms with Crippen molar-refractivity contribution in [2.45, 2.75) is 38.2 Å². The number of rotatable bonds is 3. The van der Waals surface area contributed by atoms with Gasteiger partial charge in [-0.2, -0.15) is 0 Å². The molecule has 1 N–H and O–H groups in total. The summed E-state index contributed by atoms with van der Waals surface area (Å²) in [7, 11) is 0. The molecule has 0 saturated carbocycles. The average molecular weight is 204 g/mol. The van der Waals surface area contributed by atoms with Crippen LogP contribution >= 0.6 is 11.8 Å². The second-order valence-corrected chi connectivity index (χ2v) is 4.70. The summed E-state index contributed by atoms with van der Waals surface area (Å²) in [6, 6.07) is 0. The van der Waals surface area contributed by atoms with Crippen molar-refractivity contribution < 1.29 is 9.53 Å².